The number of nitrogens with two attached hydrogens (primary N) is 12. The van der Waals surface area contributed by atoms with E-state index in [1.807, 2.05) is 0 Å². The molecule has 28 nitrogen and oxygen atoms in total. The minimum absolute atomic E-state index is 0.00728. The zero-order valence-electron chi connectivity index (χ0n) is 36.6. The third kappa shape index (κ3) is 29.4. The summed E-state index contributed by atoms with van der Waals surface area (Å²) in [5.74, 6) is -5.10. The molecule has 364 valence electrons. The molecule has 5 atom stereocenters. The van der Waals surface area contributed by atoms with Crippen molar-refractivity contribution >= 4 is 65.2 Å². The molecular formula is C36H74N22O6. The van der Waals surface area contributed by atoms with Gasteiger partial charge in [0.1, 0.15) is 30.2 Å². The molecule has 0 rings (SSSR count). The minimum atomic E-state index is -1.32. The Balaban J connectivity index is 6.66. The van der Waals surface area contributed by atoms with Crippen LogP contribution < -0.4 is 95.4 Å². The van der Waals surface area contributed by atoms with Crippen molar-refractivity contribution in [2.75, 3.05) is 39.3 Å². The summed E-state index contributed by atoms with van der Waals surface area (Å²) in [4.78, 5) is 101. The zero-order chi connectivity index (χ0) is 48.5. The highest BCUT2D eigenvalue weighted by atomic mass is 16.2. The minimum Gasteiger partial charge on any atom is -0.370 e. The van der Waals surface area contributed by atoms with Crippen molar-refractivity contribution in [3.8, 4) is 0 Å². The molecule has 0 radical (unpaired) electrons. The summed E-state index contributed by atoms with van der Waals surface area (Å²) >= 11 is 0. The molecule has 0 aliphatic heterocycles. The molecule has 0 bridgehead atoms. The van der Waals surface area contributed by atoms with E-state index in [-0.39, 0.29) is 120 Å². The molecule has 64 heavy (non-hydrogen) atoms. The van der Waals surface area contributed by atoms with Crippen LogP contribution in [0.3, 0.4) is 0 Å². The summed E-state index contributed by atoms with van der Waals surface area (Å²) in [5, 5.41) is 13.3. The van der Waals surface area contributed by atoms with Crippen LogP contribution >= 0.6 is 0 Å². The van der Waals surface area contributed by atoms with Crippen molar-refractivity contribution in [3.63, 3.8) is 0 Å². The number of carbonyl (C=O) groups excluding carboxylic acids is 6. The number of hydrogen-bond acceptors (Lipinski definition) is 12. The molecule has 0 saturated carbocycles. The normalized spacial score (nSPS) is 12.9. The number of aliphatic imine (C=N–C) groups is 5. The van der Waals surface area contributed by atoms with Gasteiger partial charge in [-0.25, -0.2) is 0 Å². The molecular weight excluding hydrogens is 837 g/mol. The van der Waals surface area contributed by atoms with Gasteiger partial charge in [-0.05, 0) is 90.0 Å². The van der Waals surface area contributed by atoms with E-state index in [2.05, 4.69) is 51.5 Å². The van der Waals surface area contributed by atoms with Gasteiger partial charge in [-0.15, -0.1) is 0 Å². The summed E-state index contributed by atoms with van der Waals surface area (Å²) in [5.41, 5.74) is 65.6. The van der Waals surface area contributed by atoms with Crippen LogP contribution in [-0.2, 0) is 28.8 Å². The Kier molecular flexibility index (Phi) is 30.1. The number of carbonyl (C=O) groups is 6. The second kappa shape index (κ2) is 33.7. The highest BCUT2D eigenvalue weighted by Gasteiger charge is 2.32. The Labute approximate surface area is 373 Å². The average Bonchev–Trinajstić information content (AvgIpc) is 3.20. The van der Waals surface area contributed by atoms with Gasteiger partial charge >= 0.3 is 0 Å². The fraction of sp³-hybridized carbons (Fsp3) is 0.694. The van der Waals surface area contributed by atoms with Crippen molar-refractivity contribution in [1.29, 1.82) is 0 Å². The van der Waals surface area contributed by atoms with Gasteiger partial charge < -0.3 is 95.4 Å². The van der Waals surface area contributed by atoms with Crippen LogP contribution in [0.25, 0.3) is 0 Å². The molecule has 0 aromatic heterocycles. The molecule has 0 saturated heterocycles. The standard InChI is InChI=1S/C36H74N22O6/c37-15-3-1-9-21(27(38)60)55-29(62)23(11-6-18-51-34(43)44)57-31(64)25(13-8-20-53-36(47)48)58-30(63)24(12-7-19-52-35(45)46)56-28(61)22(10-5-17-50-33(41)42)54-26(59)14-2-4-16-49-32(39)40/h21-25H,1-20,37H2,(H2,38,60)(H,54,59)(H,55,62)(H,56,61)(H,57,64)(H,58,63)(H4,39,40,49)(H4,41,42,50)(H4,43,44,51)(H4,45,46,52)(H4,47,48,53). The van der Waals surface area contributed by atoms with Crippen LogP contribution in [0.5, 0.6) is 0 Å². The lowest BCUT2D eigenvalue weighted by molar-refractivity contribution is -0.135. The monoisotopic (exact) mass is 911 g/mol. The lowest BCUT2D eigenvalue weighted by Crippen LogP contribution is -2.59. The van der Waals surface area contributed by atoms with Gasteiger partial charge in [0.05, 0.1) is 0 Å². The summed E-state index contributed by atoms with van der Waals surface area (Å²) in [6.07, 6.45) is 3.11. The van der Waals surface area contributed by atoms with E-state index in [4.69, 9.17) is 68.8 Å². The van der Waals surface area contributed by atoms with Gasteiger partial charge in [0.2, 0.25) is 35.4 Å². The summed E-state index contributed by atoms with van der Waals surface area (Å²) in [6.45, 7) is 1.07. The molecule has 0 fully saturated rings. The number of nitrogens with one attached hydrogen (secondary N) is 5. The van der Waals surface area contributed by atoms with E-state index in [0.717, 1.165) is 0 Å². The molecule has 6 amide bonds. The van der Waals surface area contributed by atoms with E-state index < -0.39 is 65.7 Å². The topological polar surface area (TPSA) is 537 Å². The lowest BCUT2D eigenvalue weighted by atomic mass is 10.0. The second-order valence-electron chi connectivity index (χ2n) is 14.6. The largest absolute Gasteiger partial charge is 0.370 e. The van der Waals surface area contributed by atoms with Crippen molar-refractivity contribution in [2.24, 2.45) is 93.8 Å². The van der Waals surface area contributed by atoms with Gasteiger partial charge in [0.25, 0.3) is 0 Å². The first-order valence-electron chi connectivity index (χ1n) is 21.0. The number of unbranched alkanes of at least 4 members (excludes halogenated alkanes) is 2. The summed E-state index contributed by atoms with van der Waals surface area (Å²) in [7, 11) is 0. The van der Waals surface area contributed by atoms with Gasteiger partial charge in [0, 0.05) is 39.1 Å². The van der Waals surface area contributed by atoms with Crippen LogP contribution in [0.2, 0.25) is 0 Å². The molecule has 28 heteroatoms. The third-order valence-electron chi connectivity index (χ3n) is 9.04. The van der Waals surface area contributed by atoms with Crippen LogP contribution in [-0.4, -0.2) is 135 Å². The van der Waals surface area contributed by atoms with Gasteiger partial charge in [0.15, 0.2) is 29.8 Å². The molecule has 0 aromatic carbocycles. The Bertz CT molecular complexity index is 1600. The highest BCUT2D eigenvalue weighted by molar-refractivity contribution is 5.96. The maximum absolute atomic E-state index is 14.1. The fourth-order valence-electron chi connectivity index (χ4n) is 5.83. The first-order valence-corrected chi connectivity index (χ1v) is 21.0. The predicted octanol–water partition coefficient (Wildman–Crippen LogP) is -7.32. The Hall–Kier alpha value is -6.87. The Morgan fingerprint density at radius 1 is 0.344 bits per heavy atom. The SMILES string of the molecule is NCCCCC(NC(=O)C(CCCN=C(N)N)NC(=O)C(CCCN=C(N)N)NC(=O)C(CCCN=C(N)N)NC(=O)C(CCCN=C(N)N)NC(=O)CCCCN=C(N)N)C(N)=O. The number of primary amides is 1. The van der Waals surface area contributed by atoms with Crippen LogP contribution in [0.15, 0.2) is 25.0 Å². The molecule has 5 unspecified atom stereocenters. The van der Waals surface area contributed by atoms with E-state index in [0.29, 0.717) is 38.8 Å². The number of guanidine groups is 5. The zero-order valence-corrected chi connectivity index (χ0v) is 36.6. The number of nitrogens with zero attached hydrogens (tertiary/aromatic N) is 5. The van der Waals surface area contributed by atoms with Gasteiger partial charge in [-0.3, -0.25) is 53.7 Å². The first-order chi connectivity index (χ1) is 30.3. The first kappa shape index (κ1) is 57.1. The number of hydrogen-bond donors (Lipinski definition) is 17. The fourth-order valence-corrected chi connectivity index (χ4v) is 5.83. The van der Waals surface area contributed by atoms with E-state index in [9.17, 15) is 28.8 Å². The van der Waals surface area contributed by atoms with Crippen LogP contribution in [0.4, 0.5) is 0 Å². The van der Waals surface area contributed by atoms with Crippen LogP contribution in [0, 0.1) is 0 Å². The number of rotatable bonds is 35. The Morgan fingerprint density at radius 2 is 0.625 bits per heavy atom. The summed E-state index contributed by atoms with van der Waals surface area (Å²) < 4.78 is 0. The smallest absolute Gasteiger partial charge is 0.243 e. The number of amides is 6. The van der Waals surface area contributed by atoms with Gasteiger partial charge in [-0.2, -0.15) is 0 Å². The third-order valence-corrected chi connectivity index (χ3v) is 9.04. The highest BCUT2D eigenvalue weighted by Crippen LogP contribution is 2.09. The summed E-state index contributed by atoms with van der Waals surface area (Å²) in [6, 6.07) is -6.07. The second-order valence-corrected chi connectivity index (χ2v) is 14.6. The van der Waals surface area contributed by atoms with Crippen molar-refractivity contribution in [3.05, 3.63) is 0 Å². The quantitative estimate of drug-likeness (QED) is 0.0160. The predicted molar refractivity (Wildman–Crippen MR) is 246 cm³/mol. The maximum atomic E-state index is 14.1. The van der Waals surface area contributed by atoms with Gasteiger partial charge in [-0.1, -0.05) is 0 Å². The molecule has 0 heterocycles. The van der Waals surface area contributed by atoms with E-state index in [1.165, 1.54) is 0 Å². The molecule has 0 spiro atoms. The van der Waals surface area contributed by atoms with Crippen LogP contribution in [0.1, 0.15) is 89.9 Å². The molecule has 29 N–H and O–H groups in total. The lowest BCUT2D eigenvalue weighted by Gasteiger charge is -2.27. The van der Waals surface area contributed by atoms with Crippen molar-refractivity contribution in [2.45, 2.75) is 120 Å². The molecule has 0 aliphatic rings. The van der Waals surface area contributed by atoms with E-state index >= 15 is 0 Å². The van der Waals surface area contributed by atoms with Crippen molar-refractivity contribution in [1.82, 2.24) is 26.6 Å². The maximum Gasteiger partial charge on any atom is 0.243 e. The Morgan fingerprint density at radius 3 is 0.922 bits per heavy atom. The average molecular weight is 911 g/mol. The van der Waals surface area contributed by atoms with E-state index in [1.54, 1.807) is 0 Å². The molecule has 0 aromatic rings. The molecule has 0 aliphatic carbocycles. The van der Waals surface area contributed by atoms with Crippen molar-refractivity contribution < 1.29 is 28.8 Å².